The molecular formula is C27H47ClFN5O2S. The lowest BCUT2D eigenvalue weighted by atomic mass is 10.1. The summed E-state index contributed by atoms with van der Waals surface area (Å²) < 4.78 is 20.1. The summed E-state index contributed by atoms with van der Waals surface area (Å²) in [6.07, 6.45) is 4.78. The molecule has 0 aliphatic carbocycles. The Hall–Kier alpha value is -1.87. The first kappa shape index (κ1) is 35.1. The van der Waals surface area contributed by atoms with Crippen LogP contribution < -0.4 is 5.73 Å². The summed E-state index contributed by atoms with van der Waals surface area (Å²) >= 11 is 7.43. The topological polar surface area (TPSA) is 94.2 Å². The van der Waals surface area contributed by atoms with Gasteiger partial charge in [-0.25, -0.2) is 24.1 Å². The summed E-state index contributed by atoms with van der Waals surface area (Å²) in [5.74, 6) is 0.309. The SMILES string of the molecule is CC.CC.CCCN(CCCCCCc1nc(Cl)c(F)c2nc(SCC)nc(N)c12)C(=O)OC(C)(C)C. The highest BCUT2D eigenvalue weighted by Crippen LogP contribution is 2.30. The maximum atomic E-state index is 14.6. The van der Waals surface area contributed by atoms with Gasteiger partial charge in [0.1, 0.15) is 16.9 Å². The van der Waals surface area contributed by atoms with E-state index < -0.39 is 11.4 Å². The number of nitrogen functional groups attached to an aromatic ring is 1. The van der Waals surface area contributed by atoms with Crippen LogP contribution in [0.3, 0.4) is 0 Å². The first-order chi connectivity index (χ1) is 17.6. The molecule has 2 rings (SSSR count). The van der Waals surface area contributed by atoms with E-state index >= 15 is 0 Å². The minimum Gasteiger partial charge on any atom is -0.444 e. The summed E-state index contributed by atoms with van der Waals surface area (Å²) in [4.78, 5) is 26.9. The number of halogens is 2. The summed E-state index contributed by atoms with van der Waals surface area (Å²) in [7, 11) is 0. The van der Waals surface area contributed by atoms with E-state index in [0.29, 0.717) is 35.7 Å². The number of nitrogens with two attached hydrogens (primary N) is 1. The summed E-state index contributed by atoms with van der Waals surface area (Å²) in [5, 5.41) is 0.670. The fraction of sp³-hybridized carbons (Fsp3) is 0.704. The number of pyridine rings is 1. The highest BCUT2D eigenvalue weighted by Gasteiger charge is 2.21. The van der Waals surface area contributed by atoms with Gasteiger partial charge in [-0.2, -0.15) is 0 Å². The van der Waals surface area contributed by atoms with Gasteiger partial charge >= 0.3 is 6.09 Å². The molecule has 0 atom stereocenters. The molecule has 0 radical (unpaired) electrons. The molecule has 0 aromatic carbocycles. The zero-order valence-corrected chi connectivity index (χ0v) is 25.8. The quantitative estimate of drug-likeness (QED) is 0.128. The third-order valence-electron chi connectivity index (χ3n) is 4.84. The Morgan fingerprint density at radius 3 is 2.22 bits per heavy atom. The highest BCUT2D eigenvalue weighted by molar-refractivity contribution is 7.99. The van der Waals surface area contributed by atoms with Crippen molar-refractivity contribution in [2.24, 2.45) is 0 Å². The molecule has 0 fully saturated rings. The maximum Gasteiger partial charge on any atom is 0.410 e. The molecule has 2 aromatic heterocycles. The van der Waals surface area contributed by atoms with E-state index in [1.165, 1.54) is 11.8 Å². The number of thioether (sulfide) groups is 1. The molecule has 0 aliphatic rings. The van der Waals surface area contributed by atoms with Crippen LogP contribution in [0.2, 0.25) is 5.15 Å². The molecule has 2 N–H and O–H groups in total. The van der Waals surface area contributed by atoms with E-state index in [4.69, 9.17) is 22.1 Å². The number of carbonyl (C=O) groups excluding carboxylic acids is 1. The van der Waals surface area contributed by atoms with Crippen LogP contribution in [0.1, 0.15) is 100 Å². The molecule has 2 heterocycles. The first-order valence-electron chi connectivity index (χ1n) is 13.5. The zero-order chi connectivity index (χ0) is 28.6. The largest absolute Gasteiger partial charge is 0.444 e. The van der Waals surface area contributed by atoms with E-state index in [-0.39, 0.29) is 22.6 Å². The van der Waals surface area contributed by atoms with E-state index in [1.54, 1.807) is 4.90 Å². The molecule has 0 unspecified atom stereocenters. The minimum absolute atomic E-state index is 0.126. The van der Waals surface area contributed by atoms with Crippen LogP contribution in [-0.2, 0) is 11.2 Å². The highest BCUT2D eigenvalue weighted by atomic mass is 35.5. The average Bonchev–Trinajstić information content (AvgIpc) is 2.85. The van der Waals surface area contributed by atoms with Crippen molar-refractivity contribution in [2.45, 2.75) is 112 Å². The third-order valence-corrected chi connectivity index (χ3v) is 5.82. The van der Waals surface area contributed by atoms with Crippen molar-refractivity contribution < 1.29 is 13.9 Å². The van der Waals surface area contributed by atoms with Crippen LogP contribution in [0, 0.1) is 5.82 Å². The lowest BCUT2D eigenvalue weighted by molar-refractivity contribution is 0.0246. The third kappa shape index (κ3) is 12.0. The Labute approximate surface area is 232 Å². The first-order valence-corrected chi connectivity index (χ1v) is 14.9. The van der Waals surface area contributed by atoms with Crippen molar-refractivity contribution in [3.05, 3.63) is 16.7 Å². The van der Waals surface area contributed by atoms with Gasteiger partial charge < -0.3 is 15.4 Å². The van der Waals surface area contributed by atoms with Crippen LogP contribution in [0.4, 0.5) is 15.0 Å². The standard InChI is InChI=1S/C23H35ClFN5O2S.2C2H6/c1-6-13-30(22(31)32-23(3,4)5)14-11-9-8-10-12-15-16-18(17(25)19(24)27-15)28-21(33-7-2)29-20(16)26;2*1-2/h6-14H2,1-5H3,(H2,26,28,29);2*1-2H3. The Morgan fingerprint density at radius 1 is 1.03 bits per heavy atom. The van der Waals surface area contributed by atoms with Gasteiger partial charge in [0.25, 0.3) is 0 Å². The van der Waals surface area contributed by atoms with Gasteiger partial charge in [0.15, 0.2) is 16.1 Å². The number of fused-ring (bicyclic) bond motifs is 1. The Kier molecular flexibility index (Phi) is 17.5. The number of anilines is 1. The number of hydrogen-bond acceptors (Lipinski definition) is 7. The number of rotatable bonds is 11. The molecule has 0 saturated heterocycles. The van der Waals surface area contributed by atoms with E-state index in [9.17, 15) is 9.18 Å². The number of carbonyl (C=O) groups is 1. The van der Waals surface area contributed by atoms with E-state index in [0.717, 1.165) is 37.9 Å². The van der Waals surface area contributed by atoms with Crippen molar-refractivity contribution in [3.63, 3.8) is 0 Å². The number of aryl methyl sites for hydroxylation is 1. The number of hydrogen-bond donors (Lipinski definition) is 1. The van der Waals surface area contributed by atoms with Gasteiger partial charge in [-0.05, 0) is 52.2 Å². The minimum atomic E-state index is -0.666. The monoisotopic (exact) mass is 559 g/mol. The number of aromatic nitrogens is 3. The van der Waals surface area contributed by atoms with Gasteiger partial charge in [-0.3, -0.25) is 0 Å². The molecule has 1 amide bonds. The normalized spacial score (nSPS) is 10.8. The number of amides is 1. The Balaban J connectivity index is 0.00000308. The summed E-state index contributed by atoms with van der Waals surface area (Å²) in [6.45, 7) is 19.0. The molecule has 2 aromatic rings. The van der Waals surface area contributed by atoms with Crippen LogP contribution in [0.25, 0.3) is 10.9 Å². The van der Waals surface area contributed by atoms with Crippen LogP contribution >= 0.6 is 23.4 Å². The second-order valence-electron chi connectivity index (χ2n) is 8.84. The van der Waals surface area contributed by atoms with E-state index in [1.807, 2.05) is 62.3 Å². The van der Waals surface area contributed by atoms with E-state index in [2.05, 4.69) is 15.0 Å². The molecule has 37 heavy (non-hydrogen) atoms. The Bertz CT molecular complexity index is 957. The molecule has 0 aliphatic heterocycles. The summed E-state index contributed by atoms with van der Waals surface area (Å²) in [6, 6.07) is 0. The molecule has 212 valence electrons. The van der Waals surface area contributed by atoms with Crippen LogP contribution in [0.15, 0.2) is 5.16 Å². The van der Waals surface area contributed by atoms with Crippen molar-refractivity contribution in [1.82, 2.24) is 19.9 Å². The smallest absolute Gasteiger partial charge is 0.410 e. The maximum absolute atomic E-state index is 14.6. The number of ether oxygens (including phenoxy) is 1. The zero-order valence-electron chi connectivity index (χ0n) is 24.2. The lowest BCUT2D eigenvalue weighted by Crippen LogP contribution is -2.37. The molecule has 0 bridgehead atoms. The predicted molar refractivity (Wildman–Crippen MR) is 156 cm³/mol. The predicted octanol–water partition coefficient (Wildman–Crippen LogP) is 8.31. The fourth-order valence-corrected chi connectivity index (χ4v) is 4.20. The molecule has 0 saturated carbocycles. The van der Waals surface area contributed by atoms with Crippen LogP contribution in [-0.4, -0.2) is 50.4 Å². The van der Waals surface area contributed by atoms with Crippen LogP contribution in [0.5, 0.6) is 0 Å². The second kappa shape index (κ2) is 18.4. The number of unbranched alkanes of at least 4 members (excludes halogenated alkanes) is 3. The number of nitrogens with zero attached hydrogens (tertiary/aromatic N) is 4. The van der Waals surface area contributed by atoms with Gasteiger partial charge in [0, 0.05) is 13.1 Å². The van der Waals surface area contributed by atoms with Gasteiger partial charge in [-0.1, -0.05) is 77.7 Å². The second-order valence-corrected chi connectivity index (χ2v) is 10.4. The molecule has 7 nitrogen and oxygen atoms in total. The van der Waals surface area contributed by atoms with Gasteiger partial charge in [0.2, 0.25) is 0 Å². The molecular weight excluding hydrogens is 513 g/mol. The van der Waals surface area contributed by atoms with Crippen molar-refractivity contribution in [2.75, 3.05) is 24.6 Å². The van der Waals surface area contributed by atoms with Crippen molar-refractivity contribution in [1.29, 1.82) is 0 Å². The van der Waals surface area contributed by atoms with Crippen molar-refractivity contribution in [3.8, 4) is 0 Å². The van der Waals surface area contributed by atoms with Gasteiger partial charge in [0.05, 0.1) is 11.1 Å². The fourth-order valence-electron chi connectivity index (χ4n) is 3.44. The van der Waals surface area contributed by atoms with Crippen molar-refractivity contribution >= 4 is 46.2 Å². The lowest BCUT2D eigenvalue weighted by Gasteiger charge is -2.27. The average molecular weight is 560 g/mol. The van der Waals surface area contributed by atoms with Gasteiger partial charge in [-0.15, -0.1) is 0 Å². The summed E-state index contributed by atoms with van der Waals surface area (Å²) in [5.41, 5.74) is 6.37. The molecule has 10 heteroatoms. The Morgan fingerprint density at radius 2 is 1.65 bits per heavy atom. The molecule has 0 spiro atoms.